The maximum atomic E-state index is 5.39. The van der Waals surface area contributed by atoms with Crippen molar-refractivity contribution in [3.05, 3.63) is 0 Å². The van der Waals surface area contributed by atoms with Gasteiger partial charge in [-0.05, 0) is 19.8 Å². The Balaban J connectivity index is 3.28. The number of hydroxylamine groups is 2. The van der Waals surface area contributed by atoms with E-state index >= 15 is 0 Å². The molecule has 0 saturated heterocycles. The van der Waals surface area contributed by atoms with E-state index in [1.54, 1.807) is 5.23 Å². The second-order valence-corrected chi connectivity index (χ2v) is 3.02. The summed E-state index contributed by atoms with van der Waals surface area (Å²) in [7, 11) is 0. The summed E-state index contributed by atoms with van der Waals surface area (Å²) < 4.78 is 0. The van der Waals surface area contributed by atoms with Crippen LogP contribution < -0.4 is 0 Å². The number of nitrogens with zero attached hydrogens (tertiary/aromatic N) is 1. The van der Waals surface area contributed by atoms with Gasteiger partial charge in [-0.25, -0.2) is 0 Å². The van der Waals surface area contributed by atoms with Crippen LogP contribution in [0.1, 0.15) is 46.5 Å². The molecule has 80 valence electrons. The minimum atomic E-state index is 0.760. The quantitative estimate of drug-likeness (QED) is 0.411. The number of rotatable bonds is 9. The highest BCUT2D eigenvalue weighted by molar-refractivity contribution is 4.31. The van der Waals surface area contributed by atoms with Crippen molar-refractivity contribution in [2.45, 2.75) is 46.5 Å². The Labute approximate surface area is 81.9 Å². The normalized spacial score (nSPS) is 11.1. The predicted molar refractivity (Wildman–Crippen MR) is 54.1 cm³/mol. The van der Waals surface area contributed by atoms with Gasteiger partial charge in [0.1, 0.15) is 0 Å². The van der Waals surface area contributed by atoms with Gasteiger partial charge in [0.2, 0.25) is 0 Å². The van der Waals surface area contributed by atoms with Crippen LogP contribution in [0.5, 0.6) is 0 Å². The van der Waals surface area contributed by atoms with E-state index in [1.807, 2.05) is 6.92 Å². The van der Waals surface area contributed by atoms with Crippen LogP contribution in [0, 0.1) is 0 Å². The third kappa shape index (κ3) is 8.22. The first kappa shape index (κ1) is 12.9. The average molecular weight is 189 g/mol. The van der Waals surface area contributed by atoms with Gasteiger partial charge < -0.3 is 0 Å². The zero-order chi connectivity index (χ0) is 9.94. The highest BCUT2D eigenvalue weighted by Crippen LogP contribution is 1.97. The molecule has 0 aromatic heterocycles. The fourth-order valence-corrected chi connectivity index (χ4v) is 0.841. The van der Waals surface area contributed by atoms with Crippen LogP contribution in [0.15, 0.2) is 0 Å². The number of hydrogen-bond acceptors (Lipinski definition) is 3. The Kier molecular flexibility index (Phi) is 9.87. The van der Waals surface area contributed by atoms with E-state index in [-0.39, 0.29) is 0 Å². The molecule has 0 bridgehead atoms. The molecule has 0 rings (SSSR count). The maximum absolute atomic E-state index is 5.39. The lowest BCUT2D eigenvalue weighted by molar-refractivity contribution is -0.366. The highest BCUT2D eigenvalue weighted by Gasteiger charge is 2.01. The summed E-state index contributed by atoms with van der Waals surface area (Å²) in [5, 5.41) is 1.59. The fraction of sp³-hybridized carbons (Fsp3) is 1.00. The Hall–Kier alpha value is -0.120. The maximum Gasteiger partial charge on any atom is 0.0711 e. The van der Waals surface area contributed by atoms with Gasteiger partial charge >= 0.3 is 0 Å². The van der Waals surface area contributed by atoms with E-state index in [2.05, 4.69) is 13.8 Å². The first-order chi connectivity index (χ1) is 6.35. The van der Waals surface area contributed by atoms with Gasteiger partial charge in [0.05, 0.1) is 13.2 Å². The largest absolute Gasteiger partial charge is 0.274 e. The van der Waals surface area contributed by atoms with E-state index in [9.17, 15) is 0 Å². The van der Waals surface area contributed by atoms with Crippen molar-refractivity contribution in [2.75, 3.05) is 19.8 Å². The fourth-order valence-electron chi connectivity index (χ4n) is 0.841. The van der Waals surface area contributed by atoms with E-state index in [0.717, 1.165) is 45.4 Å². The standard InChI is InChI=1S/C10H23NO2/c1-4-7-9-12-11(6-3)13-10-8-5-2/h4-10H2,1-3H3. The number of unbranched alkanes of at least 4 members (excludes halogenated alkanes) is 2. The molecule has 3 nitrogen and oxygen atoms in total. The van der Waals surface area contributed by atoms with E-state index in [0.29, 0.717) is 0 Å². The Morgan fingerprint density at radius 1 is 0.846 bits per heavy atom. The Morgan fingerprint density at radius 2 is 1.31 bits per heavy atom. The predicted octanol–water partition coefficient (Wildman–Crippen LogP) is 2.77. The van der Waals surface area contributed by atoms with Gasteiger partial charge in [-0.1, -0.05) is 31.9 Å². The molecule has 0 unspecified atom stereocenters. The summed E-state index contributed by atoms with van der Waals surface area (Å²) in [5.74, 6) is 0. The molecule has 0 spiro atoms. The molecule has 0 amide bonds. The molecule has 0 fully saturated rings. The monoisotopic (exact) mass is 189 g/mol. The molecule has 0 N–H and O–H groups in total. The summed E-state index contributed by atoms with van der Waals surface area (Å²) >= 11 is 0. The molecular weight excluding hydrogens is 166 g/mol. The van der Waals surface area contributed by atoms with Crippen molar-refractivity contribution < 1.29 is 9.68 Å². The van der Waals surface area contributed by atoms with Crippen molar-refractivity contribution in [3.63, 3.8) is 0 Å². The molecule has 0 aliphatic heterocycles. The van der Waals surface area contributed by atoms with Crippen LogP contribution in [0.2, 0.25) is 0 Å². The van der Waals surface area contributed by atoms with Crippen molar-refractivity contribution in [2.24, 2.45) is 0 Å². The summed E-state index contributed by atoms with van der Waals surface area (Å²) in [5.41, 5.74) is 0. The third-order valence-electron chi connectivity index (χ3n) is 1.72. The summed E-state index contributed by atoms with van der Waals surface area (Å²) in [6.45, 7) is 8.63. The van der Waals surface area contributed by atoms with Gasteiger partial charge in [0.25, 0.3) is 0 Å². The molecule has 0 aliphatic rings. The third-order valence-corrected chi connectivity index (χ3v) is 1.72. The second kappa shape index (κ2) is 9.96. The van der Waals surface area contributed by atoms with Gasteiger partial charge in [-0.3, -0.25) is 9.68 Å². The molecular formula is C10H23NO2. The lowest BCUT2D eigenvalue weighted by Gasteiger charge is -2.18. The number of hydrogen-bond donors (Lipinski definition) is 0. The van der Waals surface area contributed by atoms with Crippen molar-refractivity contribution >= 4 is 0 Å². The molecule has 13 heavy (non-hydrogen) atoms. The van der Waals surface area contributed by atoms with Crippen LogP contribution in [0.25, 0.3) is 0 Å². The zero-order valence-electron chi connectivity index (χ0n) is 9.21. The lowest BCUT2D eigenvalue weighted by atomic mass is 10.4. The van der Waals surface area contributed by atoms with Gasteiger partial charge in [0.15, 0.2) is 0 Å². The van der Waals surface area contributed by atoms with Crippen LogP contribution in [-0.2, 0) is 9.68 Å². The molecule has 0 atom stereocenters. The SMILES string of the molecule is CCCCON(CC)OCCCC. The van der Waals surface area contributed by atoms with E-state index in [4.69, 9.17) is 9.68 Å². The van der Waals surface area contributed by atoms with Crippen LogP contribution in [-0.4, -0.2) is 25.0 Å². The van der Waals surface area contributed by atoms with Crippen molar-refractivity contribution in [1.82, 2.24) is 5.23 Å². The molecule has 0 aliphatic carbocycles. The second-order valence-electron chi connectivity index (χ2n) is 3.02. The molecule has 0 aromatic carbocycles. The first-order valence-electron chi connectivity index (χ1n) is 5.38. The average Bonchev–Trinajstić information content (AvgIpc) is 2.16. The molecule has 3 heteroatoms. The minimum absolute atomic E-state index is 0.760. The molecule has 0 aromatic rings. The van der Waals surface area contributed by atoms with Crippen LogP contribution in [0.4, 0.5) is 0 Å². The van der Waals surface area contributed by atoms with E-state index < -0.39 is 0 Å². The molecule has 0 radical (unpaired) electrons. The highest BCUT2D eigenvalue weighted by atomic mass is 16.9. The summed E-state index contributed by atoms with van der Waals surface area (Å²) in [6.07, 6.45) is 4.50. The van der Waals surface area contributed by atoms with Crippen molar-refractivity contribution in [3.8, 4) is 0 Å². The topological polar surface area (TPSA) is 21.7 Å². The molecule has 0 heterocycles. The first-order valence-corrected chi connectivity index (χ1v) is 5.38. The smallest absolute Gasteiger partial charge is 0.0711 e. The van der Waals surface area contributed by atoms with Crippen LogP contribution in [0.3, 0.4) is 0 Å². The molecule has 0 saturated carbocycles. The minimum Gasteiger partial charge on any atom is -0.274 e. The van der Waals surface area contributed by atoms with Gasteiger partial charge in [-0.15, -0.1) is 0 Å². The van der Waals surface area contributed by atoms with E-state index in [1.165, 1.54) is 0 Å². The van der Waals surface area contributed by atoms with Gasteiger partial charge in [-0.2, -0.15) is 0 Å². The zero-order valence-corrected chi connectivity index (χ0v) is 9.21. The van der Waals surface area contributed by atoms with Crippen LogP contribution >= 0.6 is 0 Å². The Morgan fingerprint density at radius 3 is 1.62 bits per heavy atom. The van der Waals surface area contributed by atoms with Gasteiger partial charge in [0, 0.05) is 6.54 Å². The van der Waals surface area contributed by atoms with Crippen molar-refractivity contribution in [1.29, 1.82) is 0 Å². The summed E-state index contributed by atoms with van der Waals surface area (Å²) in [4.78, 5) is 10.8. The Bertz CT molecular complexity index is 88.9. The summed E-state index contributed by atoms with van der Waals surface area (Å²) in [6, 6.07) is 0. The lowest BCUT2D eigenvalue weighted by Crippen LogP contribution is -2.25.